The van der Waals surface area contributed by atoms with E-state index in [0.29, 0.717) is 34.2 Å². The number of aromatic nitrogens is 1. The van der Waals surface area contributed by atoms with E-state index in [0.717, 1.165) is 47.5 Å². The average Bonchev–Trinajstić information content (AvgIpc) is 3.33. The average molecular weight is 490 g/mol. The van der Waals surface area contributed by atoms with Gasteiger partial charge in [-0.15, -0.1) is 11.3 Å². The molecular formula is C27H27N3O4S. The van der Waals surface area contributed by atoms with Crippen LogP contribution in [0.5, 0.6) is 5.75 Å². The molecule has 0 saturated heterocycles. The molecule has 0 aliphatic heterocycles. The molecule has 180 valence electrons. The number of nitrogens with one attached hydrogen (secondary N) is 1. The van der Waals surface area contributed by atoms with E-state index in [4.69, 9.17) is 4.74 Å². The second-order valence-electron chi connectivity index (χ2n) is 8.44. The van der Waals surface area contributed by atoms with E-state index in [9.17, 15) is 20.0 Å². The van der Waals surface area contributed by atoms with Crippen LogP contribution in [-0.2, 0) is 17.6 Å². The van der Waals surface area contributed by atoms with Crippen LogP contribution in [0.3, 0.4) is 0 Å². The number of hydrogen-bond acceptors (Lipinski definition) is 5. The van der Waals surface area contributed by atoms with E-state index >= 15 is 0 Å². The Hall–Kier alpha value is -3.83. The number of carboxylic acids is 1. The Balaban J connectivity index is 1.68. The van der Waals surface area contributed by atoms with E-state index in [1.165, 1.54) is 11.3 Å². The zero-order valence-corrected chi connectivity index (χ0v) is 20.8. The first-order valence-corrected chi connectivity index (χ1v) is 12.4. The number of hydrogen-bond donors (Lipinski definition) is 2. The quantitative estimate of drug-likeness (QED) is 0.328. The number of fused-ring (bicyclic) bond motifs is 1. The molecule has 2 N–H and O–H groups in total. The summed E-state index contributed by atoms with van der Waals surface area (Å²) < 4.78 is 7.39. The summed E-state index contributed by atoms with van der Waals surface area (Å²) in [5, 5.41) is 23.1. The molecule has 1 aliphatic carbocycles. The van der Waals surface area contributed by atoms with Gasteiger partial charge < -0.3 is 19.7 Å². The van der Waals surface area contributed by atoms with Crippen molar-refractivity contribution in [3.8, 4) is 16.8 Å². The van der Waals surface area contributed by atoms with E-state index in [1.54, 1.807) is 30.3 Å². The van der Waals surface area contributed by atoms with Gasteiger partial charge in [0.1, 0.15) is 22.4 Å². The molecule has 0 fully saturated rings. The minimum Gasteiger partial charge on any atom is -0.494 e. The Morgan fingerprint density at radius 2 is 2.03 bits per heavy atom. The van der Waals surface area contributed by atoms with Gasteiger partial charge >= 0.3 is 5.97 Å². The van der Waals surface area contributed by atoms with Crippen molar-refractivity contribution in [3.63, 3.8) is 0 Å². The predicted molar refractivity (Wildman–Crippen MR) is 137 cm³/mol. The SMILES string of the molecule is CCOc1cccc(NC(=O)/C(C#N)=C\c2cc(C)n(-c3sc4c(c3C(=O)O)CCCC4)c2C)c1. The summed E-state index contributed by atoms with van der Waals surface area (Å²) in [5.74, 6) is -0.816. The second kappa shape index (κ2) is 10.2. The van der Waals surface area contributed by atoms with Crippen molar-refractivity contribution in [2.45, 2.75) is 46.5 Å². The second-order valence-corrected chi connectivity index (χ2v) is 9.53. The lowest BCUT2D eigenvalue weighted by molar-refractivity contribution is -0.112. The topological polar surface area (TPSA) is 104 Å². The number of ether oxygens (including phenoxy) is 1. The highest BCUT2D eigenvalue weighted by Gasteiger charge is 2.27. The summed E-state index contributed by atoms with van der Waals surface area (Å²) in [4.78, 5) is 26.2. The van der Waals surface area contributed by atoms with Gasteiger partial charge in [-0.3, -0.25) is 4.79 Å². The van der Waals surface area contributed by atoms with Crippen LogP contribution in [0.15, 0.2) is 35.9 Å². The lowest BCUT2D eigenvalue weighted by Gasteiger charge is -2.11. The Kier molecular flexibility index (Phi) is 7.08. The monoisotopic (exact) mass is 489 g/mol. The number of carbonyl (C=O) groups is 2. The zero-order valence-electron chi connectivity index (χ0n) is 20.0. The molecule has 1 aromatic carbocycles. The van der Waals surface area contributed by atoms with E-state index in [1.807, 2.05) is 37.5 Å². The number of benzene rings is 1. The summed E-state index contributed by atoms with van der Waals surface area (Å²) in [6, 6.07) is 10.9. The van der Waals surface area contributed by atoms with Gasteiger partial charge in [0.15, 0.2) is 0 Å². The van der Waals surface area contributed by atoms with Crippen molar-refractivity contribution >= 4 is 35.0 Å². The van der Waals surface area contributed by atoms with Crippen molar-refractivity contribution in [1.29, 1.82) is 5.26 Å². The Morgan fingerprint density at radius 3 is 2.74 bits per heavy atom. The number of carboxylic acid groups (broad SMARTS) is 1. The summed E-state index contributed by atoms with van der Waals surface area (Å²) in [7, 11) is 0. The summed E-state index contributed by atoms with van der Waals surface area (Å²) in [6.45, 7) is 6.16. The predicted octanol–water partition coefficient (Wildman–Crippen LogP) is 5.68. The number of aromatic carboxylic acids is 1. The van der Waals surface area contributed by atoms with Gasteiger partial charge in [0.2, 0.25) is 0 Å². The lowest BCUT2D eigenvalue weighted by Crippen LogP contribution is -2.13. The molecule has 0 saturated carbocycles. The maximum Gasteiger partial charge on any atom is 0.339 e. The first-order valence-electron chi connectivity index (χ1n) is 11.6. The van der Waals surface area contributed by atoms with Gasteiger partial charge in [0, 0.05) is 28.0 Å². The third-order valence-corrected chi connectivity index (χ3v) is 7.38. The molecule has 0 spiro atoms. The van der Waals surface area contributed by atoms with Crippen LogP contribution in [-0.4, -0.2) is 28.2 Å². The van der Waals surface area contributed by atoms with Gasteiger partial charge in [-0.1, -0.05) is 6.07 Å². The maximum atomic E-state index is 12.8. The molecule has 1 aliphatic rings. The highest BCUT2D eigenvalue weighted by molar-refractivity contribution is 7.15. The van der Waals surface area contributed by atoms with Crippen LogP contribution in [0.25, 0.3) is 11.1 Å². The molecular weight excluding hydrogens is 462 g/mol. The third-order valence-electron chi connectivity index (χ3n) is 6.11. The fraction of sp³-hybridized carbons (Fsp3) is 0.296. The zero-order chi connectivity index (χ0) is 25.1. The number of anilines is 1. The number of aryl methyl sites for hydroxylation is 2. The number of rotatable bonds is 7. The molecule has 3 aromatic rings. The number of nitrogens with zero attached hydrogens (tertiary/aromatic N) is 2. The Morgan fingerprint density at radius 1 is 1.26 bits per heavy atom. The lowest BCUT2D eigenvalue weighted by atomic mass is 9.95. The van der Waals surface area contributed by atoms with Crippen molar-refractivity contribution in [3.05, 3.63) is 68.9 Å². The van der Waals surface area contributed by atoms with Crippen LogP contribution < -0.4 is 10.1 Å². The summed E-state index contributed by atoms with van der Waals surface area (Å²) >= 11 is 1.53. The van der Waals surface area contributed by atoms with Crippen molar-refractivity contribution < 1.29 is 19.4 Å². The molecule has 0 atom stereocenters. The molecule has 2 aromatic heterocycles. The molecule has 0 bridgehead atoms. The minimum absolute atomic E-state index is 0.0454. The van der Waals surface area contributed by atoms with E-state index in [2.05, 4.69) is 5.32 Å². The number of amides is 1. The van der Waals surface area contributed by atoms with Crippen LogP contribution in [0.1, 0.15) is 57.5 Å². The molecule has 1 amide bonds. The van der Waals surface area contributed by atoms with Gasteiger partial charge in [-0.05, 0) is 81.9 Å². The highest BCUT2D eigenvalue weighted by Crippen LogP contribution is 2.39. The maximum absolute atomic E-state index is 12.8. The van der Waals surface area contributed by atoms with Crippen molar-refractivity contribution in [2.24, 2.45) is 0 Å². The van der Waals surface area contributed by atoms with Gasteiger partial charge in [-0.25, -0.2) is 4.79 Å². The highest BCUT2D eigenvalue weighted by atomic mass is 32.1. The normalized spacial score (nSPS) is 13.1. The molecule has 4 rings (SSSR count). The van der Waals surface area contributed by atoms with Crippen LogP contribution in [0, 0.1) is 25.2 Å². The van der Waals surface area contributed by atoms with Crippen molar-refractivity contribution in [1.82, 2.24) is 4.57 Å². The summed E-state index contributed by atoms with van der Waals surface area (Å²) in [5.41, 5.74) is 4.12. The number of nitriles is 1. The fourth-order valence-corrected chi connectivity index (χ4v) is 6.00. The molecule has 0 radical (unpaired) electrons. The van der Waals surface area contributed by atoms with E-state index < -0.39 is 11.9 Å². The molecule has 7 nitrogen and oxygen atoms in total. The standard InChI is InChI=1S/C27H27N3O4S/c1-4-34-21-9-7-8-20(14-21)29-25(31)19(15-28)13-18-12-16(2)30(17(18)3)26-24(27(32)33)22-10-5-6-11-23(22)35-26/h7-9,12-14H,4-6,10-11H2,1-3H3,(H,29,31)(H,32,33)/b19-13-. The Bertz CT molecular complexity index is 1370. The van der Waals surface area contributed by atoms with Gasteiger partial charge in [-0.2, -0.15) is 5.26 Å². The van der Waals surface area contributed by atoms with E-state index in [-0.39, 0.29) is 5.57 Å². The first-order chi connectivity index (χ1) is 16.8. The number of thiophene rings is 1. The van der Waals surface area contributed by atoms with Crippen molar-refractivity contribution in [2.75, 3.05) is 11.9 Å². The van der Waals surface area contributed by atoms with Crippen LogP contribution in [0.2, 0.25) is 0 Å². The largest absolute Gasteiger partial charge is 0.494 e. The molecule has 0 unspecified atom stereocenters. The van der Waals surface area contributed by atoms with Crippen LogP contribution in [0.4, 0.5) is 5.69 Å². The molecule has 35 heavy (non-hydrogen) atoms. The molecule has 2 heterocycles. The fourth-order valence-electron chi connectivity index (χ4n) is 4.51. The van der Waals surface area contributed by atoms with Gasteiger partial charge in [0.05, 0.1) is 12.2 Å². The smallest absolute Gasteiger partial charge is 0.339 e. The van der Waals surface area contributed by atoms with Crippen LogP contribution >= 0.6 is 11.3 Å². The first kappa shape index (κ1) is 24.3. The summed E-state index contributed by atoms with van der Waals surface area (Å²) in [6.07, 6.45) is 5.29. The molecule has 8 heteroatoms. The third kappa shape index (κ3) is 4.86. The van der Waals surface area contributed by atoms with Gasteiger partial charge in [0.25, 0.3) is 5.91 Å². The Labute approximate surface area is 208 Å². The minimum atomic E-state index is -0.921. The number of carbonyl (C=O) groups excluding carboxylic acids is 1.